The molecule has 1 aliphatic carbocycles. The van der Waals surface area contributed by atoms with Crippen LogP contribution in [0.3, 0.4) is 0 Å². The molecular formula is C15H14BrF3N6O. The summed E-state index contributed by atoms with van der Waals surface area (Å²) in [5.41, 5.74) is -0.290. The monoisotopic (exact) mass is 430 g/mol. The molecule has 1 N–H and O–H groups in total. The van der Waals surface area contributed by atoms with E-state index in [-0.39, 0.29) is 34.7 Å². The zero-order chi connectivity index (χ0) is 19.1. The van der Waals surface area contributed by atoms with Crippen molar-refractivity contribution in [2.45, 2.75) is 37.9 Å². The number of aromatic nitrogens is 4. The second-order valence-corrected chi connectivity index (χ2v) is 6.78. The molecule has 1 fully saturated rings. The topological polar surface area (TPSA) is 88.5 Å². The van der Waals surface area contributed by atoms with Crippen LogP contribution in [0.1, 0.15) is 42.1 Å². The maximum absolute atomic E-state index is 13.1. The molecule has 138 valence electrons. The van der Waals surface area contributed by atoms with Crippen LogP contribution in [0.4, 0.5) is 19.0 Å². The zero-order valence-corrected chi connectivity index (χ0v) is 15.2. The van der Waals surface area contributed by atoms with Gasteiger partial charge in [-0.3, -0.25) is 14.2 Å². The van der Waals surface area contributed by atoms with Crippen molar-refractivity contribution in [2.24, 2.45) is 7.05 Å². The van der Waals surface area contributed by atoms with E-state index in [1.54, 1.807) is 7.05 Å². The van der Waals surface area contributed by atoms with Crippen molar-refractivity contribution in [3.05, 3.63) is 27.6 Å². The molecule has 26 heavy (non-hydrogen) atoms. The third-order valence-electron chi connectivity index (χ3n) is 4.03. The molecule has 1 aliphatic rings. The van der Waals surface area contributed by atoms with Crippen molar-refractivity contribution in [1.82, 2.24) is 19.6 Å². The van der Waals surface area contributed by atoms with Crippen LogP contribution in [0.25, 0.3) is 0 Å². The molecule has 7 nitrogen and oxygen atoms in total. The summed E-state index contributed by atoms with van der Waals surface area (Å²) >= 11 is 3.01. The SMILES string of the molecule is Cn1ncc(C#N)c1NC(=O)CCn1nc(C(F)(F)F)c(Br)c1C1CC1. The number of halogens is 4. The molecule has 0 atom stereocenters. The number of carbonyl (C=O) groups excluding carboxylic acids is 1. The zero-order valence-electron chi connectivity index (χ0n) is 13.6. The van der Waals surface area contributed by atoms with Gasteiger partial charge >= 0.3 is 6.18 Å². The second-order valence-electron chi connectivity index (χ2n) is 5.98. The highest BCUT2D eigenvalue weighted by Crippen LogP contribution is 2.47. The third-order valence-corrected chi connectivity index (χ3v) is 4.81. The summed E-state index contributed by atoms with van der Waals surface area (Å²) in [7, 11) is 1.57. The largest absolute Gasteiger partial charge is 0.436 e. The number of rotatable bonds is 5. The van der Waals surface area contributed by atoms with Crippen molar-refractivity contribution >= 4 is 27.7 Å². The van der Waals surface area contributed by atoms with E-state index in [9.17, 15) is 18.0 Å². The van der Waals surface area contributed by atoms with Crippen LogP contribution >= 0.6 is 15.9 Å². The smallest absolute Gasteiger partial charge is 0.310 e. The van der Waals surface area contributed by atoms with Gasteiger partial charge in [0, 0.05) is 19.4 Å². The van der Waals surface area contributed by atoms with E-state index in [0.29, 0.717) is 5.69 Å². The molecule has 0 radical (unpaired) electrons. The van der Waals surface area contributed by atoms with Gasteiger partial charge in [-0.05, 0) is 28.8 Å². The van der Waals surface area contributed by atoms with Gasteiger partial charge in [0.1, 0.15) is 17.5 Å². The van der Waals surface area contributed by atoms with E-state index < -0.39 is 17.8 Å². The van der Waals surface area contributed by atoms with Crippen molar-refractivity contribution < 1.29 is 18.0 Å². The van der Waals surface area contributed by atoms with Gasteiger partial charge in [-0.2, -0.15) is 28.6 Å². The number of hydrogen-bond acceptors (Lipinski definition) is 4. The normalized spacial score (nSPS) is 14.3. The van der Waals surface area contributed by atoms with Gasteiger partial charge in [-0.1, -0.05) is 0 Å². The standard InChI is InChI=1S/C15H14BrF3N6O/c1-24-14(9(6-20)7-21-24)22-10(26)4-5-25-12(8-2-3-8)11(16)13(23-25)15(17,18)19/h7-8H,2-5H2,1H3,(H,22,26). The first kappa shape index (κ1) is 18.4. The van der Waals surface area contributed by atoms with E-state index >= 15 is 0 Å². The molecule has 0 aliphatic heterocycles. The fourth-order valence-corrected chi connectivity index (χ4v) is 3.45. The van der Waals surface area contributed by atoms with E-state index in [0.717, 1.165) is 12.8 Å². The predicted octanol–water partition coefficient (Wildman–Crippen LogP) is 3.18. The van der Waals surface area contributed by atoms with E-state index in [1.165, 1.54) is 15.6 Å². The number of hydrogen-bond donors (Lipinski definition) is 1. The van der Waals surface area contributed by atoms with Crippen LogP contribution in [0.2, 0.25) is 0 Å². The molecule has 0 aromatic carbocycles. The molecule has 0 spiro atoms. The molecule has 2 aromatic rings. The maximum atomic E-state index is 13.1. The highest BCUT2D eigenvalue weighted by molar-refractivity contribution is 9.10. The summed E-state index contributed by atoms with van der Waals surface area (Å²) in [6.45, 7) is 0.00604. The predicted molar refractivity (Wildman–Crippen MR) is 88.1 cm³/mol. The second kappa shape index (κ2) is 6.75. The Morgan fingerprint density at radius 3 is 2.77 bits per heavy atom. The Labute approximate surface area is 154 Å². The quantitative estimate of drug-likeness (QED) is 0.788. The van der Waals surface area contributed by atoms with E-state index in [4.69, 9.17) is 5.26 Å². The van der Waals surface area contributed by atoms with Gasteiger partial charge in [0.15, 0.2) is 5.69 Å². The Morgan fingerprint density at radius 1 is 1.50 bits per heavy atom. The Morgan fingerprint density at radius 2 is 2.19 bits per heavy atom. The summed E-state index contributed by atoms with van der Waals surface area (Å²) in [5.74, 6) is -0.164. The maximum Gasteiger partial charge on any atom is 0.436 e. The summed E-state index contributed by atoms with van der Waals surface area (Å²) < 4.78 is 41.8. The minimum Gasteiger partial charge on any atom is -0.310 e. The van der Waals surface area contributed by atoms with Crippen molar-refractivity contribution in [2.75, 3.05) is 5.32 Å². The Kier molecular flexibility index (Phi) is 4.79. The van der Waals surface area contributed by atoms with Gasteiger partial charge in [0.2, 0.25) is 5.91 Å². The first-order valence-electron chi connectivity index (χ1n) is 7.77. The van der Waals surface area contributed by atoms with Crippen LogP contribution in [0, 0.1) is 11.3 Å². The Balaban J connectivity index is 1.74. The van der Waals surface area contributed by atoms with Crippen LogP contribution in [-0.2, 0) is 24.6 Å². The summed E-state index contributed by atoms with van der Waals surface area (Å²) in [6.07, 6.45) is -1.72. The van der Waals surface area contributed by atoms with Gasteiger partial charge in [-0.15, -0.1) is 0 Å². The van der Waals surface area contributed by atoms with Crippen LogP contribution in [0.5, 0.6) is 0 Å². The minimum atomic E-state index is -4.56. The van der Waals surface area contributed by atoms with Crippen LogP contribution < -0.4 is 5.32 Å². The fourth-order valence-electron chi connectivity index (χ4n) is 2.62. The average molecular weight is 431 g/mol. The molecule has 1 amide bonds. The average Bonchev–Trinajstić information content (AvgIpc) is 3.25. The summed E-state index contributed by atoms with van der Waals surface area (Å²) in [6, 6.07) is 1.91. The summed E-state index contributed by atoms with van der Waals surface area (Å²) in [5, 5.41) is 19.1. The molecule has 11 heteroatoms. The lowest BCUT2D eigenvalue weighted by atomic mass is 10.2. The van der Waals surface area contributed by atoms with Gasteiger partial charge < -0.3 is 5.32 Å². The summed E-state index contributed by atoms with van der Waals surface area (Å²) in [4.78, 5) is 12.2. The van der Waals surface area contributed by atoms with Crippen molar-refractivity contribution in [3.63, 3.8) is 0 Å². The molecule has 2 aromatic heterocycles. The first-order valence-corrected chi connectivity index (χ1v) is 8.57. The lowest BCUT2D eigenvalue weighted by molar-refractivity contribution is -0.142. The number of nitrogens with one attached hydrogen (secondary N) is 1. The Hall–Kier alpha value is -2.35. The Bertz CT molecular complexity index is 891. The van der Waals surface area contributed by atoms with Crippen LogP contribution in [-0.4, -0.2) is 25.5 Å². The van der Waals surface area contributed by atoms with Gasteiger partial charge in [-0.25, -0.2) is 0 Å². The van der Waals surface area contributed by atoms with Gasteiger partial charge in [0.25, 0.3) is 0 Å². The van der Waals surface area contributed by atoms with E-state index in [2.05, 4.69) is 31.4 Å². The van der Waals surface area contributed by atoms with Gasteiger partial charge in [0.05, 0.1) is 22.9 Å². The molecule has 0 saturated heterocycles. The third kappa shape index (κ3) is 3.60. The lowest BCUT2D eigenvalue weighted by Crippen LogP contribution is -2.18. The number of anilines is 1. The first-order chi connectivity index (χ1) is 12.2. The lowest BCUT2D eigenvalue weighted by Gasteiger charge is -2.08. The minimum absolute atomic E-state index is 0.00604. The van der Waals surface area contributed by atoms with Crippen molar-refractivity contribution in [1.29, 1.82) is 5.26 Å². The van der Waals surface area contributed by atoms with Crippen molar-refractivity contribution in [3.8, 4) is 6.07 Å². The van der Waals surface area contributed by atoms with Crippen LogP contribution in [0.15, 0.2) is 10.7 Å². The number of alkyl halides is 3. The molecule has 3 rings (SSSR count). The van der Waals surface area contributed by atoms with E-state index in [1.807, 2.05) is 6.07 Å². The molecule has 2 heterocycles. The number of aryl methyl sites for hydroxylation is 2. The number of nitrogens with zero attached hydrogens (tertiary/aromatic N) is 5. The highest BCUT2D eigenvalue weighted by atomic mass is 79.9. The molecule has 0 unspecified atom stereocenters. The number of carbonyl (C=O) groups is 1. The molecule has 1 saturated carbocycles. The molecule has 0 bridgehead atoms. The fraction of sp³-hybridized carbons (Fsp3) is 0.467. The molecular weight excluding hydrogens is 417 g/mol. The number of amides is 1. The number of nitriles is 1. The highest BCUT2D eigenvalue weighted by Gasteiger charge is 2.41.